The van der Waals surface area contributed by atoms with Gasteiger partial charge in [-0.05, 0) is 49.6 Å². The number of amides is 1. The van der Waals surface area contributed by atoms with E-state index < -0.39 is 17.5 Å². The Bertz CT molecular complexity index is 802. The van der Waals surface area contributed by atoms with Crippen molar-refractivity contribution in [3.8, 4) is 0 Å². The van der Waals surface area contributed by atoms with Gasteiger partial charge in [0.25, 0.3) is 5.91 Å². The second kappa shape index (κ2) is 5.91. The average molecular weight is 315 g/mol. The first-order chi connectivity index (χ1) is 11.0. The molecular weight excluding hydrogens is 300 g/mol. The molecule has 0 unspecified atom stereocenters. The van der Waals surface area contributed by atoms with E-state index in [0.717, 1.165) is 30.5 Å². The van der Waals surface area contributed by atoms with Crippen molar-refractivity contribution in [2.24, 2.45) is 0 Å². The second-order valence-corrected chi connectivity index (χ2v) is 5.59. The lowest BCUT2D eigenvalue weighted by Gasteiger charge is -2.30. The maximum absolute atomic E-state index is 13.4. The molecule has 1 aliphatic rings. The van der Waals surface area contributed by atoms with E-state index >= 15 is 0 Å². The normalized spacial score (nSPS) is 13.6. The Balaban J connectivity index is 2.01. The number of fused-ring (bicyclic) bond motifs is 1. The van der Waals surface area contributed by atoms with Crippen molar-refractivity contribution >= 4 is 17.4 Å². The molecule has 0 saturated carbocycles. The quantitative estimate of drug-likeness (QED) is 0.791. The number of aryl methyl sites for hydroxylation is 1. The van der Waals surface area contributed by atoms with Gasteiger partial charge in [0.2, 0.25) is 0 Å². The van der Waals surface area contributed by atoms with Gasteiger partial charge in [-0.25, -0.2) is 8.78 Å². The summed E-state index contributed by atoms with van der Waals surface area (Å²) in [5, 5.41) is 0. The zero-order valence-corrected chi connectivity index (χ0v) is 12.6. The number of rotatable bonds is 2. The van der Waals surface area contributed by atoms with Crippen LogP contribution in [0.3, 0.4) is 0 Å². The molecule has 0 fully saturated rings. The Morgan fingerprint density at radius 1 is 1.00 bits per heavy atom. The largest absolute Gasteiger partial charge is 0.308 e. The molecule has 5 heteroatoms. The van der Waals surface area contributed by atoms with Crippen molar-refractivity contribution in [3.63, 3.8) is 0 Å². The first-order valence-corrected chi connectivity index (χ1v) is 7.38. The Hall–Kier alpha value is -2.56. The van der Waals surface area contributed by atoms with Gasteiger partial charge < -0.3 is 4.90 Å². The Morgan fingerprint density at radius 2 is 1.74 bits per heavy atom. The minimum atomic E-state index is -1.05. The monoisotopic (exact) mass is 315 g/mol. The zero-order chi connectivity index (χ0) is 16.6. The van der Waals surface area contributed by atoms with Crippen molar-refractivity contribution in [2.45, 2.75) is 19.8 Å². The van der Waals surface area contributed by atoms with Crippen molar-refractivity contribution in [3.05, 3.63) is 64.7 Å². The van der Waals surface area contributed by atoms with E-state index in [1.54, 1.807) is 12.1 Å². The van der Waals surface area contributed by atoms with Gasteiger partial charge in [-0.1, -0.05) is 12.1 Å². The number of hydrogen-bond donors (Lipinski definition) is 0. The summed E-state index contributed by atoms with van der Waals surface area (Å²) in [7, 11) is 0. The van der Waals surface area contributed by atoms with Crippen LogP contribution in [0.1, 0.15) is 39.6 Å². The van der Waals surface area contributed by atoms with Crippen LogP contribution in [0.4, 0.5) is 14.5 Å². The van der Waals surface area contributed by atoms with Crippen LogP contribution in [0, 0.1) is 11.6 Å². The molecule has 118 valence electrons. The first kappa shape index (κ1) is 15.3. The van der Waals surface area contributed by atoms with Crippen LogP contribution in [0.5, 0.6) is 0 Å². The number of ketones is 1. The number of benzene rings is 2. The Kier molecular flexibility index (Phi) is 3.94. The summed E-state index contributed by atoms with van der Waals surface area (Å²) in [6, 6.07) is 8.39. The fourth-order valence-corrected chi connectivity index (χ4v) is 2.79. The number of Topliss-reactive ketones (excluding diaryl/α,β-unsaturated/α-hetero) is 1. The number of carbonyl (C=O) groups excluding carboxylic acids is 2. The third-order valence-corrected chi connectivity index (χ3v) is 4.02. The van der Waals surface area contributed by atoms with Gasteiger partial charge in [0.15, 0.2) is 17.4 Å². The number of anilines is 1. The fourth-order valence-electron chi connectivity index (χ4n) is 2.79. The standard InChI is InChI=1S/C18H15F2NO2/c1-11(22)13-5-4-12-3-2-8-21(17(12)10-13)18(23)14-6-7-15(19)16(20)9-14/h4-7,9-10H,2-3,8H2,1H3. The fraction of sp³-hybridized carbons (Fsp3) is 0.222. The maximum Gasteiger partial charge on any atom is 0.258 e. The van der Waals surface area contributed by atoms with Crippen LogP contribution in [0.15, 0.2) is 36.4 Å². The van der Waals surface area contributed by atoms with Crippen LogP contribution in [-0.4, -0.2) is 18.2 Å². The molecule has 0 spiro atoms. The van der Waals surface area contributed by atoms with Crippen LogP contribution >= 0.6 is 0 Å². The highest BCUT2D eigenvalue weighted by Crippen LogP contribution is 2.30. The SMILES string of the molecule is CC(=O)c1ccc2c(c1)N(C(=O)c1ccc(F)c(F)c1)CCC2. The van der Waals surface area contributed by atoms with Gasteiger partial charge >= 0.3 is 0 Å². The molecule has 1 amide bonds. The third kappa shape index (κ3) is 2.86. The van der Waals surface area contributed by atoms with Crippen LogP contribution in [0.2, 0.25) is 0 Å². The van der Waals surface area contributed by atoms with Crippen molar-refractivity contribution < 1.29 is 18.4 Å². The molecule has 0 saturated heterocycles. The van der Waals surface area contributed by atoms with E-state index in [9.17, 15) is 18.4 Å². The van der Waals surface area contributed by atoms with Gasteiger partial charge in [-0.3, -0.25) is 9.59 Å². The van der Waals surface area contributed by atoms with E-state index in [1.165, 1.54) is 17.9 Å². The molecule has 3 nitrogen and oxygen atoms in total. The molecule has 2 aromatic carbocycles. The van der Waals surface area contributed by atoms with E-state index in [4.69, 9.17) is 0 Å². The number of nitrogens with zero attached hydrogens (tertiary/aromatic N) is 1. The molecule has 0 radical (unpaired) electrons. The molecule has 3 rings (SSSR count). The molecule has 1 heterocycles. The Morgan fingerprint density at radius 3 is 2.43 bits per heavy atom. The lowest BCUT2D eigenvalue weighted by molar-refractivity contribution is 0.0980. The minimum Gasteiger partial charge on any atom is -0.308 e. The highest BCUT2D eigenvalue weighted by atomic mass is 19.2. The molecule has 23 heavy (non-hydrogen) atoms. The minimum absolute atomic E-state index is 0.0846. The molecule has 2 aromatic rings. The zero-order valence-electron chi connectivity index (χ0n) is 12.6. The van der Waals surface area contributed by atoms with Gasteiger partial charge in [0, 0.05) is 23.4 Å². The number of hydrogen-bond acceptors (Lipinski definition) is 2. The predicted octanol–water partition coefficient (Wildman–Crippen LogP) is 3.76. The van der Waals surface area contributed by atoms with Crippen LogP contribution in [0.25, 0.3) is 0 Å². The predicted molar refractivity (Wildman–Crippen MR) is 82.8 cm³/mol. The average Bonchev–Trinajstić information content (AvgIpc) is 2.55. The number of carbonyl (C=O) groups is 2. The summed E-state index contributed by atoms with van der Waals surface area (Å²) in [5.74, 6) is -2.52. The van der Waals surface area contributed by atoms with Crippen LogP contribution < -0.4 is 4.90 Å². The summed E-state index contributed by atoms with van der Waals surface area (Å²) >= 11 is 0. The molecule has 0 aromatic heterocycles. The topological polar surface area (TPSA) is 37.4 Å². The third-order valence-electron chi connectivity index (χ3n) is 4.02. The molecule has 1 aliphatic heterocycles. The molecule has 0 aliphatic carbocycles. The van der Waals surface area contributed by atoms with E-state index in [1.807, 2.05) is 6.07 Å². The lowest BCUT2D eigenvalue weighted by atomic mass is 9.97. The summed E-state index contributed by atoms with van der Waals surface area (Å²) in [6.45, 7) is 1.94. The summed E-state index contributed by atoms with van der Waals surface area (Å²) < 4.78 is 26.4. The smallest absolute Gasteiger partial charge is 0.258 e. The van der Waals surface area contributed by atoms with Crippen LogP contribution in [-0.2, 0) is 6.42 Å². The van der Waals surface area contributed by atoms with Gasteiger partial charge in [-0.2, -0.15) is 0 Å². The second-order valence-electron chi connectivity index (χ2n) is 5.59. The highest BCUT2D eigenvalue weighted by molar-refractivity contribution is 6.07. The van der Waals surface area contributed by atoms with Gasteiger partial charge in [0.05, 0.1) is 0 Å². The van der Waals surface area contributed by atoms with Gasteiger partial charge in [-0.15, -0.1) is 0 Å². The molecule has 0 atom stereocenters. The van der Waals surface area contributed by atoms with E-state index in [-0.39, 0.29) is 11.3 Å². The van der Waals surface area contributed by atoms with Crippen molar-refractivity contribution in [1.29, 1.82) is 0 Å². The molecule has 0 bridgehead atoms. The van der Waals surface area contributed by atoms with Crippen molar-refractivity contribution in [2.75, 3.05) is 11.4 Å². The lowest BCUT2D eigenvalue weighted by Crippen LogP contribution is -2.35. The molecule has 0 N–H and O–H groups in total. The van der Waals surface area contributed by atoms with Gasteiger partial charge in [0.1, 0.15) is 0 Å². The van der Waals surface area contributed by atoms with E-state index in [2.05, 4.69) is 0 Å². The van der Waals surface area contributed by atoms with E-state index in [0.29, 0.717) is 17.8 Å². The van der Waals surface area contributed by atoms with Crippen molar-refractivity contribution in [1.82, 2.24) is 0 Å². The summed E-state index contributed by atoms with van der Waals surface area (Å²) in [6.07, 6.45) is 1.59. The summed E-state index contributed by atoms with van der Waals surface area (Å²) in [5.41, 5.74) is 2.24. The summed E-state index contributed by atoms with van der Waals surface area (Å²) in [4.78, 5) is 25.7. The Labute approximate surface area is 132 Å². The number of halogens is 2. The maximum atomic E-state index is 13.4. The highest BCUT2D eigenvalue weighted by Gasteiger charge is 2.25. The molecular formula is C18H15F2NO2. The first-order valence-electron chi connectivity index (χ1n) is 7.38.